The van der Waals surface area contributed by atoms with Gasteiger partial charge in [-0.3, -0.25) is 0 Å². The summed E-state index contributed by atoms with van der Waals surface area (Å²) in [5.74, 6) is -2.01. The monoisotopic (exact) mass is 1250 g/mol. The number of nitrogens with one attached hydrogen (secondary N) is 4. The van der Waals surface area contributed by atoms with Gasteiger partial charge in [0.15, 0.2) is 0 Å². The predicted octanol–water partition coefficient (Wildman–Crippen LogP) is 23.1. The van der Waals surface area contributed by atoms with Crippen molar-refractivity contribution in [1.82, 2.24) is 0 Å². The predicted molar refractivity (Wildman–Crippen MR) is 387 cm³/mol. The lowest BCUT2D eigenvalue weighted by Crippen LogP contribution is -2.04. The van der Waals surface area contributed by atoms with Crippen molar-refractivity contribution in [3.8, 4) is 0 Å². The van der Waals surface area contributed by atoms with Crippen LogP contribution in [0.15, 0.2) is 231 Å². The quantitative estimate of drug-likeness (QED) is 0.0435. The number of aryl methyl sites for hydroxylation is 10. The number of anilines is 8. The number of carbonyl (C=O) groups is 1. The molecule has 94 heavy (non-hydrogen) atoms. The maximum Gasteiger partial charge on any atom is 0.337 e. The van der Waals surface area contributed by atoms with E-state index >= 15 is 0 Å². The highest BCUT2D eigenvalue weighted by molar-refractivity contribution is 5.95. The van der Waals surface area contributed by atoms with E-state index in [4.69, 9.17) is 0 Å². The maximum atomic E-state index is 13.1. The fourth-order valence-corrected chi connectivity index (χ4v) is 10.4. The SMILES string of the molecule is C=Cc1ccc(C)c(Nc2ccc(F)cc2)c1.Cc1ccc(/C=C/c2cccc(C)c2C)cc1Nc1ccc(F)cc1.Cc1ccc(CCc2cccc(C)c2C)cc1Nc1ccc(F)cc1.Cc1cccc(CCc2ccc(C(=O)O)c(Nc3ccc(F)cc3)c2)c1C. The molecule has 0 spiro atoms. The van der Waals surface area contributed by atoms with Crippen molar-refractivity contribution in [3.05, 3.63) is 349 Å². The van der Waals surface area contributed by atoms with Gasteiger partial charge in [-0.05, 0) is 304 Å². The van der Waals surface area contributed by atoms with Crippen LogP contribution in [0.2, 0.25) is 0 Å². The van der Waals surface area contributed by atoms with Crippen molar-refractivity contribution in [3.63, 3.8) is 0 Å². The Morgan fingerprint density at radius 1 is 0.362 bits per heavy atom. The van der Waals surface area contributed by atoms with E-state index < -0.39 is 5.97 Å². The van der Waals surface area contributed by atoms with Gasteiger partial charge >= 0.3 is 5.97 Å². The third kappa shape index (κ3) is 20.4. The molecule has 11 aromatic carbocycles. The summed E-state index contributed by atoms with van der Waals surface area (Å²) in [4.78, 5) is 11.5. The summed E-state index contributed by atoms with van der Waals surface area (Å²) in [6, 6.07) is 68.4. The third-order valence-electron chi connectivity index (χ3n) is 16.8. The Morgan fingerprint density at radius 3 is 1.14 bits per heavy atom. The Labute approximate surface area is 552 Å². The van der Waals surface area contributed by atoms with E-state index in [1.807, 2.05) is 37.3 Å². The van der Waals surface area contributed by atoms with Crippen LogP contribution in [0.5, 0.6) is 0 Å². The van der Waals surface area contributed by atoms with Crippen LogP contribution in [0.25, 0.3) is 18.2 Å². The Balaban J connectivity index is 0.000000163. The van der Waals surface area contributed by atoms with E-state index in [0.29, 0.717) is 11.4 Å². The molecule has 0 heterocycles. The molecule has 0 bridgehead atoms. The van der Waals surface area contributed by atoms with Crippen molar-refractivity contribution >= 4 is 69.7 Å². The van der Waals surface area contributed by atoms with E-state index in [0.717, 1.165) is 87.6 Å². The number of carboxylic acids is 1. The minimum Gasteiger partial charge on any atom is -0.478 e. The zero-order valence-electron chi connectivity index (χ0n) is 55.0. The van der Waals surface area contributed by atoms with Crippen LogP contribution in [0, 0.1) is 85.6 Å². The smallest absolute Gasteiger partial charge is 0.337 e. The van der Waals surface area contributed by atoms with Crippen molar-refractivity contribution in [2.45, 2.75) is 88.0 Å². The third-order valence-corrected chi connectivity index (χ3v) is 16.8. The van der Waals surface area contributed by atoms with E-state index in [1.165, 1.54) is 110 Å². The summed E-state index contributed by atoms with van der Waals surface area (Å²) in [7, 11) is 0. The minimum absolute atomic E-state index is 0.190. The van der Waals surface area contributed by atoms with Crippen LogP contribution in [0.4, 0.5) is 63.1 Å². The van der Waals surface area contributed by atoms with E-state index in [1.54, 1.807) is 60.7 Å². The van der Waals surface area contributed by atoms with Crippen LogP contribution in [0.3, 0.4) is 0 Å². The van der Waals surface area contributed by atoms with E-state index in [9.17, 15) is 27.5 Å². The highest BCUT2D eigenvalue weighted by atomic mass is 19.1. The molecule has 10 heteroatoms. The molecule has 478 valence electrons. The highest BCUT2D eigenvalue weighted by Crippen LogP contribution is 2.29. The van der Waals surface area contributed by atoms with Gasteiger partial charge in [0.2, 0.25) is 0 Å². The molecular formula is C84H82F4N4O2. The molecule has 0 saturated carbocycles. The van der Waals surface area contributed by atoms with Gasteiger partial charge in [-0.15, -0.1) is 0 Å². The number of benzene rings is 11. The largest absolute Gasteiger partial charge is 0.478 e. The Morgan fingerprint density at radius 2 is 0.713 bits per heavy atom. The first kappa shape index (κ1) is 69.2. The summed E-state index contributed by atoms with van der Waals surface area (Å²) in [6.07, 6.45) is 9.80. The molecule has 0 radical (unpaired) electrons. The molecule has 6 nitrogen and oxygen atoms in total. The molecule has 5 N–H and O–H groups in total. The van der Waals surface area contributed by atoms with Gasteiger partial charge in [-0.25, -0.2) is 22.4 Å². The fourth-order valence-electron chi connectivity index (χ4n) is 10.4. The number of rotatable bonds is 18. The molecule has 0 fully saturated rings. The summed E-state index contributed by atoms with van der Waals surface area (Å²) < 4.78 is 52.0. The zero-order valence-corrected chi connectivity index (χ0v) is 55.0. The normalized spacial score (nSPS) is 10.6. The summed E-state index contributed by atoms with van der Waals surface area (Å²) in [6.45, 7) is 22.8. The molecule has 0 amide bonds. The van der Waals surface area contributed by atoms with Gasteiger partial charge in [0.05, 0.1) is 11.3 Å². The lowest BCUT2D eigenvalue weighted by Gasteiger charge is -2.13. The minimum atomic E-state index is -0.999. The summed E-state index contributed by atoms with van der Waals surface area (Å²) >= 11 is 0. The molecule has 0 saturated heterocycles. The van der Waals surface area contributed by atoms with Crippen LogP contribution in [-0.2, 0) is 25.7 Å². The topological polar surface area (TPSA) is 85.4 Å². The number of hydrogen-bond acceptors (Lipinski definition) is 5. The zero-order chi connectivity index (χ0) is 67.3. The molecule has 11 rings (SSSR count). The summed E-state index contributed by atoms with van der Waals surface area (Å²) in [5.41, 5.74) is 26.9. The molecule has 0 aromatic heterocycles. The molecule has 0 unspecified atom stereocenters. The second-order valence-electron chi connectivity index (χ2n) is 23.6. The van der Waals surface area contributed by atoms with Gasteiger partial charge in [-0.1, -0.05) is 122 Å². The average molecular weight is 1260 g/mol. The van der Waals surface area contributed by atoms with Crippen molar-refractivity contribution in [2.75, 3.05) is 21.3 Å². The van der Waals surface area contributed by atoms with Crippen molar-refractivity contribution in [1.29, 1.82) is 0 Å². The number of hydrogen-bond donors (Lipinski definition) is 5. The summed E-state index contributed by atoms with van der Waals surface area (Å²) in [5, 5.41) is 22.6. The molecule has 0 aliphatic rings. The van der Waals surface area contributed by atoms with Crippen LogP contribution < -0.4 is 21.3 Å². The Hall–Kier alpha value is -10.7. The second kappa shape index (κ2) is 33.6. The molecular weight excluding hydrogens is 1170 g/mol. The second-order valence-corrected chi connectivity index (χ2v) is 23.6. The van der Waals surface area contributed by atoms with E-state index in [2.05, 4.69) is 186 Å². The average Bonchev–Trinajstić information content (AvgIpc) is 0.956. The highest BCUT2D eigenvalue weighted by Gasteiger charge is 2.13. The standard InChI is InChI=1S/C23H22FNO2.C23H24FN.C23H22FN.C15H14FN/c1-15-4-3-5-18(16(15)2)8-6-17-7-13-21(23(26)27)22(14-17)25-20-11-9-19(24)10-12-20;2*1-16-5-4-6-20(18(16)3)10-9-19-8-7-17(2)23(15-19)25-22-13-11-21(24)12-14-22;1-3-12-5-4-11(2)15(10-12)17-14-8-6-13(16)7-9-14/h3-5,7,9-14,25H,6,8H2,1-2H3,(H,26,27);4-8,11-15,25H,9-10H2,1-3H3;4-15,25H,1-3H3;3-10,17H,1H2,2H3/b;;10-9+;. The Bertz CT molecular complexity index is 4390. The fraction of sp³-hybridized carbons (Fsp3) is 0.155. The van der Waals surface area contributed by atoms with Crippen molar-refractivity contribution < 1.29 is 27.5 Å². The number of halogens is 4. The Kier molecular flexibility index (Phi) is 24.7. The van der Waals surface area contributed by atoms with E-state index in [-0.39, 0.29) is 28.8 Å². The van der Waals surface area contributed by atoms with Gasteiger partial charge in [0.1, 0.15) is 23.3 Å². The van der Waals surface area contributed by atoms with Gasteiger partial charge in [-0.2, -0.15) is 0 Å². The van der Waals surface area contributed by atoms with Crippen LogP contribution >= 0.6 is 0 Å². The molecule has 0 aliphatic carbocycles. The van der Waals surface area contributed by atoms with Gasteiger partial charge in [0.25, 0.3) is 0 Å². The molecule has 11 aromatic rings. The maximum absolute atomic E-state index is 13.1. The number of aromatic carboxylic acids is 1. The van der Waals surface area contributed by atoms with Crippen LogP contribution in [0.1, 0.15) is 99.4 Å². The number of carboxylic acid groups (broad SMARTS) is 1. The lowest BCUT2D eigenvalue weighted by molar-refractivity contribution is 0.0698. The van der Waals surface area contributed by atoms with Gasteiger partial charge < -0.3 is 26.4 Å². The first-order valence-electron chi connectivity index (χ1n) is 31.4. The first-order valence-corrected chi connectivity index (χ1v) is 31.4. The molecule has 0 aliphatic heterocycles. The molecule has 0 atom stereocenters. The van der Waals surface area contributed by atoms with Crippen molar-refractivity contribution in [2.24, 2.45) is 0 Å². The first-order chi connectivity index (χ1) is 45.2. The van der Waals surface area contributed by atoms with Gasteiger partial charge in [0, 0.05) is 39.8 Å². The lowest BCUT2D eigenvalue weighted by atomic mass is 9.97. The van der Waals surface area contributed by atoms with Crippen LogP contribution in [-0.4, -0.2) is 11.1 Å².